The van der Waals surface area contributed by atoms with E-state index < -0.39 is 0 Å². The monoisotopic (exact) mass is 508 g/mol. The van der Waals surface area contributed by atoms with E-state index in [-0.39, 0.29) is 59.5 Å². The third-order valence-corrected chi connectivity index (χ3v) is 6.36. The van der Waals surface area contributed by atoms with Gasteiger partial charge < -0.3 is 10.6 Å². The molecule has 2 fully saturated rings. The van der Waals surface area contributed by atoms with Crippen LogP contribution >= 0.6 is 24.0 Å². The maximum atomic E-state index is 12.7. The summed E-state index contributed by atoms with van der Waals surface area (Å²) in [5, 5.41) is 6.52. The molecule has 1 saturated heterocycles. The maximum absolute atomic E-state index is 12.7. The Morgan fingerprint density at radius 1 is 1.10 bits per heavy atom. The molecule has 1 heterocycles. The van der Waals surface area contributed by atoms with Gasteiger partial charge in [0.15, 0.2) is 5.96 Å². The van der Waals surface area contributed by atoms with Gasteiger partial charge in [-0.15, -0.1) is 24.0 Å². The normalized spacial score (nSPS) is 27.3. The van der Waals surface area contributed by atoms with Gasteiger partial charge >= 0.3 is 0 Å². The summed E-state index contributed by atoms with van der Waals surface area (Å²) in [5.74, 6) is 0.960. The van der Waals surface area contributed by atoms with Gasteiger partial charge in [-0.05, 0) is 43.2 Å². The Balaban J connectivity index is 0.00000240. The zero-order chi connectivity index (χ0) is 19.8. The molecule has 2 aliphatic carbocycles. The van der Waals surface area contributed by atoms with Crippen molar-refractivity contribution in [3.8, 4) is 0 Å². The van der Waals surface area contributed by atoms with Gasteiger partial charge in [-0.25, -0.2) is 0 Å². The lowest BCUT2D eigenvalue weighted by Gasteiger charge is -2.19. The van der Waals surface area contributed by atoms with Crippen molar-refractivity contribution < 1.29 is 9.59 Å². The van der Waals surface area contributed by atoms with Crippen LogP contribution < -0.4 is 10.6 Å². The average molecular weight is 508 g/mol. The molecular formula is C22H29IN4O2. The molecule has 6 nitrogen and oxygen atoms in total. The Hall–Kier alpha value is -1.90. The minimum Gasteiger partial charge on any atom is -0.355 e. The molecule has 1 aromatic carbocycles. The van der Waals surface area contributed by atoms with Crippen molar-refractivity contribution in [2.24, 2.45) is 28.7 Å². The number of halogens is 1. The molecule has 2 bridgehead atoms. The molecule has 1 aromatic rings. The first-order chi connectivity index (χ1) is 13.5. The Kier molecular flexibility index (Phi) is 6.65. The number of carbonyl (C=O) groups excluding carboxylic acids is 2. The number of aryl methyl sites for hydroxylation is 2. The summed E-state index contributed by atoms with van der Waals surface area (Å²) >= 11 is 0. The maximum Gasteiger partial charge on any atom is 0.233 e. The summed E-state index contributed by atoms with van der Waals surface area (Å²) in [7, 11) is 1.72. The van der Waals surface area contributed by atoms with Crippen LogP contribution in [0.4, 0.5) is 0 Å². The molecule has 4 unspecified atom stereocenters. The molecule has 1 saturated carbocycles. The quantitative estimate of drug-likeness (QED) is 0.211. The van der Waals surface area contributed by atoms with Crippen LogP contribution in [0.3, 0.4) is 0 Å². The zero-order valence-corrected chi connectivity index (χ0v) is 19.5. The second-order valence-electron chi connectivity index (χ2n) is 8.11. The number of carbonyl (C=O) groups is 2. The lowest BCUT2D eigenvalue weighted by molar-refractivity contribution is -0.140. The van der Waals surface area contributed by atoms with E-state index in [4.69, 9.17) is 0 Å². The van der Waals surface area contributed by atoms with Gasteiger partial charge in [0, 0.05) is 26.7 Å². The minimum atomic E-state index is -0.121. The highest BCUT2D eigenvalue weighted by molar-refractivity contribution is 14.0. The highest BCUT2D eigenvalue weighted by Crippen LogP contribution is 2.52. The molecule has 4 rings (SSSR count). The van der Waals surface area contributed by atoms with Crippen LogP contribution in [0.2, 0.25) is 0 Å². The van der Waals surface area contributed by atoms with E-state index in [1.807, 2.05) is 0 Å². The van der Waals surface area contributed by atoms with E-state index in [1.165, 1.54) is 21.6 Å². The van der Waals surface area contributed by atoms with Gasteiger partial charge in [-0.3, -0.25) is 19.5 Å². The Labute approximate surface area is 189 Å². The van der Waals surface area contributed by atoms with E-state index in [1.54, 1.807) is 7.05 Å². The molecule has 2 amide bonds. The SMILES string of the molecule is CN=C(NCCN1C(=O)C2C3C=CC(C3)C2C1=O)NCc1ccc(C)cc1C.I. The first-order valence-corrected chi connectivity index (χ1v) is 10.0. The van der Waals surface area contributed by atoms with Crippen molar-refractivity contribution >= 4 is 41.8 Å². The van der Waals surface area contributed by atoms with Crippen molar-refractivity contribution in [2.45, 2.75) is 26.8 Å². The number of allylic oxidation sites excluding steroid dienone is 2. The molecule has 0 aromatic heterocycles. The summed E-state index contributed by atoms with van der Waals surface area (Å²) in [6.07, 6.45) is 5.21. The van der Waals surface area contributed by atoms with Crippen LogP contribution in [0.15, 0.2) is 35.3 Å². The van der Waals surface area contributed by atoms with E-state index in [9.17, 15) is 9.59 Å². The van der Waals surface area contributed by atoms with Gasteiger partial charge in [-0.2, -0.15) is 0 Å². The van der Waals surface area contributed by atoms with E-state index >= 15 is 0 Å². The average Bonchev–Trinajstić information content (AvgIpc) is 3.35. The number of amides is 2. The topological polar surface area (TPSA) is 73.8 Å². The van der Waals surface area contributed by atoms with Gasteiger partial charge in [-0.1, -0.05) is 35.9 Å². The summed E-state index contributed by atoms with van der Waals surface area (Å²) in [5.41, 5.74) is 3.71. The molecule has 0 spiro atoms. The largest absolute Gasteiger partial charge is 0.355 e. The van der Waals surface area contributed by atoms with E-state index in [0.717, 1.165) is 6.42 Å². The van der Waals surface area contributed by atoms with Crippen molar-refractivity contribution in [3.63, 3.8) is 0 Å². The highest BCUT2D eigenvalue weighted by Gasteiger charge is 2.58. The number of fused-ring (bicyclic) bond motifs is 5. The first-order valence-electron chi connectivity index (χ1n) is 10.0. The number of hydrogen-bond donors (Lipinski definition) is 2. The molecular weight excluding hydrogens is 479 g/mol. The van der Waals surface area contributed by atoms with Gasteiger partial charge in [0.05, 0.1) is 11.8 Å². The van der Waals surface area contributed by atoms with E-state index in [2.05, 4.69) is 59.8 Å². The van der Waals surface area contributed by atoms with Crippen molar-refractivity contribution in [3.05, 3.63) is 47.0 Å². The summed E-state index contributed by atoms with van der Waals surface area (Å²) in [4.78, 5) is 31.1. The molecule has 29 heavy (non-hydrogen) atoms. The fourth-order valence-electron chi connectivity index (χ4n) is 4.91. The van der Waals surface area contributed by atoms with Crippen LogP contribution in [0.1, 0.15) is 23.1 Å². The number of guanidine groups is 1. The fourth-order valence-corrected chi connectivity index (χ4v) is 4.91. The predicted octanol–water partition coefficient (Wildman–Crippen LogP) is 2.39. The number of nitrogens with zero attached hydrogens (tertiary/aromatic N) is 2. The van der Waals surface area contributed by atoms with Crippen molar-refractivity contribution in [1.29, 1.82) is 0 Å². The third-order valence-electron chi connectivity index (χ3n) is 6.36. The Bertz CT molecular complexity index is 836. The summed E-state index contributed by atoms with van der Waals surface area (Å²) < 4.78 is 0. The second kappa shape index (κ2) is 8.85. The number of benzene rings is 1. The first kappa shape index (κ1) is 21.8. The number of likely N-dealkylation sites (tertiary alicyclic amines) is 1. The predicted molar refractivity (Wildman–Crippen MR) is 124 cm³/mol. The number of rotatable bonds is 5. The zero-order valence-electron chi connectivity index (χ0n) is 17.1. The molecule has 4 atom stereocenters. The van der Waals surface area contributed by atoms with Gasteiger partial charge in [0.25, 0.3) is 0 Å². The lowest BCUT2D eigenvalue weighted by Crippen LogP contribution is -2.43. The fraction of sp³-hybridized carbons (Fsp3) is 0.500. The van der Waals surface area contributed by atoms with Crippen LogP contribution in [0, 0.1) is 37.5 Å². The summed E-state index contributed by atoms with van der Waals surface area (Å²) in [6.45, 7) is 5.73. The number of aliphatic imine (C=N–C) groups is 1. The van der Waals surface area contributed by atoms with Gasteiger partial charge in [0.1, 0.15) is 0 Å². The molecule has 1 aliphatic heterocycles. The highest BCUT2D eigenvalue weighted by atomic mass is 127. The Morgan fingerprint density at radius 2 is 1.76 bits per heavy atom. The molecule has 156 valence electrons. The van der Waals surface area contributed by atoms with Crippen LogP contribution in [0.5, 0.6) is 0 Å². The third kappa shape index (κ3) is 4.06. The summed E-state index contributed by atoms with van der Waals surface area (Å²) in [6, 6.07) is 6.38. The molecule has 0 radical (unpaired) electrons. The molecule has 7 heteroatoms. The van der Waals surface area contributed by atoms with Crippen LogP contribution in [-0.2, 0) is 16.1 Å². The molecule has 2 N–H and O–H groups in total. The van der Waals surface area contributed by atoms with E-state index in [0.29, 0.717) is 25.6 Å². The smallest absolute Gasteiger partial charge is 0.233 e. The van der Waals surface area contributed by atoms with Crippen LogP contribution in [0.25, 0.3) is 0 Å². The molecule has 3 aliphatic rings. The number of nitrogens with one attached hydrogen (secondary N) is 2. The van der Waals surface area contributed by atoms with Gasteiger partial charge in [0.2, 0.25) is 11.8 Å². The standard InChI is InChI=1S/C22H28N4O2.HI/c1-13-4-5-17(14(2)10-13)12-25-22(23-3)24-8-9-26-20(27)18-15-6-7-16(11-15)19(18)21(26)28;/h4-7,10,15-16,18-19H,8-9,11-12H2,1-3H3,(H2,23,24,25);1H. The number of hydrogen-bond acceptors (Lipinski definition) is 3. The number of imide groups is 1. The lowest BCUT2D eigenvalue weighted by atomic mass is 9.85. The van der Waals surface area contributed by atoms with Crippen molar-refractivity contribution in [1.82, 2.24) is 15.5 Å². The second-order valence-corrected chi connectivity index (χ2v) is 8.11. The Morgan fingerprint density at radius 3 is 2.34 bits per heavy atom. The minimum absolute atomic E-state index is 0. The van der Waals surface area contributed by atoms with Crippen LogP contribution in [-0.4, -0.2) is 42.8 Å². The van der Waals surface area contributed by atoms with Crippen molar-refractivity contribution in [2.75, 3.05) is 20.1 Å².